The van der Waals surface area contributed by atoms with E-state index in [-0.39, 0.29) is 12.4 Å². The van der Waals surface area contributed by atoms with E-state index >= 15 is 0 Å². The SMILES string of the molecule is CN(C)[C@]1(c2cccc(F)c2)CC[C@]2(CC1)CN(c1cnc(C(F)(F)F)nc1OCC(F)(F)F)C(=O)N2. The standard InChI is InChI=1S/C23H24F7N5O2/c1-34(2)21(14-4-3-5-15(24)10-14)8-6-20(7-9-21)12-35(19(36)33-20)16-11-31-18(23(28,29)30)32-17(16)37-13-22(25,26)27/h3-5,10-11H,6-9,12-13H2,1-2H3,(H,33,36)/t20-,21+. The van der Waals surface area contributed by atoms with Crippen LogP contribution in [0.3, 0.4) is 0 Å². The molecule has 1 aromatic heterocycles. The van der Waals surface area contributed by atoms with Gasteiger partial charge < -0.3 is 10.1 Å². The third kappa shape index (κ3) is 5.43. The molecule has 2 aliphatic rings. The predicted molar refractivity (Wildman–Crippen MR) is 117 cm³/mol. The van der Waals surface area contributed by atoms with Crippen molar-refractivity contribution in [3.8, 4) is 5.88 Å². The summed E-state index contributed by atoms with van der Waals surface area (Å²) in [4.78, 5) is 22.2. The lowest BCUT2D eigenvalue weighted by atomic mass is 9.69. The molecule has 1 spiro atoms. The molecule has 0 atom stereocenters. The molecule has 2 fully saturated rings. The number of anilines is 1. The molecule has 37 heavy (non-hydrogen) atoms. The molecule has 0 radical (unpaired) electrons. The van der Waals surface area contributed by atoms with Crippen LogP contribution in [-0.4, -0.2) is 59.9 Å². The lowest BCUT2D eigenvalue weighted by Gasteiger charge is -2.48. The van der Waals surface area contributed by atoms with Crippen LogP contribution < -0.4 is 15.0 Å². The maximum absolute atomic E-state index is 14.0. The zero-order chi connectivity index (χ0) is 27.2. The molecule has 0 bridgehead atoms. The Morgan fingerprint density at radius 2 is 1.78 bits per heavy atom. The van der Waals surface area contributed by atoms with Crippen LogP contribution in [0.25, 0.3) is 0 Å². The highest BCUT2D eigenvalue weighted by Gasteiger charge is 2.51. The van der Waals surface area contributed by atoms with Crippen LogP contribution in [-0.2, 0) is 11.7 Å². The van der Waals surface area contributed by atoms with Gasteiger partial charge in [-0.15, -0.1) is 0 Å². The van der Waals surface area contributed by atoms with Gasteiger partial charge in [-0.3, -0.25) is 9.80 Å². The Balaban J connectivity index is 1.60. The highest BCUT2D eigenvalue weighted by molar-refractivity contribution is 5.96. The summed E-state index contributed by atoms with van der Waals surface area (Å²) in [7, 11) is 3.73. The summed E-state index contributed by atoms with van der Waals surface area (Å²) in [6.45, 7) is -1.94. The predicted octanol–water partition coefficient (Wildman–Crippen LogP) is 4.88. The number of nitrogens with one attached hydrogen (secondary N) is 1. The summed E-state index contributed by atoms with van der Waals surface area (Å²) in [6, 6.07) is 5.53. The molecular formula is C23H24F7N5O2. The number of hydrogen-bond acceptors (Lipinski definition) is 5. The number of aromatic nitrogens is 2. The number of rotatable bonds is 5. The minimum absolute atomic E-state index is 0.0460. The fourth-order valence-corrected chi connectivity index (χ4v) is 5.04. The Morgan fingerprint density at radius 3 is 2.35 bits per heavy atom. The largest absolute Gasteiger partial charge is 0.466 e. The van der Waals surface area contributed by atoms with Gasteiger partial charge in [0.1, 0.15) is 11.5 Å². The van der Waals surface area contributed by atoms with Crippen LogP contribution in [0, 0.1) is 5.82 Å². The van der Waals surface area contributed by atoms with Gasteiger partial charge in [-0.05, 0) is 57.5 Å². The number of hydrogen-bond donors (Lipinski definition) is 1. The molecule has 7 nitrogen and oxygen atoms in total. The molecule has 0 unspecified atom stereocenters. The molecule has 2 heterocycles. The summed E-state index contributed by atoms with van der Waals surface area (Å²) in [5.74, 6) is -3.07. The van der Waals surface area contributed by atoms with Crippen molar-refractivity contribution in [3.05, 3.63) is 47.7 Å². The summed E-state index contributed by atoms with van der Waals surface area (Å²) in [5, 5.41) is 2.84. The quantitative estimate of drug-likeness (QED) is 0.553. The number of carbonyl (C=O) groups is 1. The zero-order valence-electron chi connectivity index (χ0n) is 19.9. The minimum atomic E-state index is -5.03. The van der Waals surface area contributed by atoms with E-state index in [0.29, 0.717) is 31.9 Å². The fraction of sp³-hybridized carbons (Fsp3) is 0.522. The highest BCUT2D eigenvalue weighted by Crippen LogP contribution is 2.47. The van der Waals surface area contributed by atoms with E-state index in [1.807, 2.05) is 25.1 Å². The monoisotopic (exact) mass is 535 g/mol. The first-order valence-electron chi connectivity index (χ1n) is 11.3. The molecule has 1 saturated carbocycles. The van der Waals surface area contributed by atoms with Crippen molar-refractivity contribution in [2.75, 3.05) is 32.1 Å². The van der Waals surface area contributed by atoms with Crippen LogP contribution in [0.4, 0.5) is 41.2 Å². The van der Waals surface area contributed by atoms with E-state index in [9.17, 15) is 35.5 Å². The molecule has 4 rings (SSSR count). The van der Waals surface area contributed by atoms with Crippen LogP contribution in [0.1, 0.15) is 37.1 Å². The number of urea groups is 1. The maximum atomic E-state index is 14.0. The van der Waals surface area contributed by atoms with Crippen LogP contribution in [0.5, 0.6) is 5.88 Å². The molecule has 202 valence electrons. The maximum Gasteiger partial charge on any atom is 0.451 e. The van der Waals surface area contributed by atoms with Gasteiger partial charge in [-0.2, -0.15) is 31.3 Å². The Bertz CT molecular complexity index is 1160. The first-order valence-corrected chi connectivity index (χ1v) is 11.3. The zero-order valence-corrected chi connectivity index (χ0v) is 19.9. The molecule has 14 heteroatoms. The summed E-state index contributed by atoms with van der Waals surface area (Å²) in [6.07, 6.45) is -7.37. The second-order valence-corrected chi connectivity index (χ2v) is 9.52. The lowest BCUT2D eigenvalue weighted by molar-refractivity contribution is -0.155. The second-order valence-electron chi connectivity index (χ2n) is 9.52. The number of halogens is 7. The number of ether oxygens (including phenoxy) is 1. The van der Waals surface area contributed by atoms with Gasteiger partial charge in [0, 0.05) is 5.54 Å². The van der Waals surface area contributed by atoms with Crippen molar-refractivity contribution in [1.82, 2.24) is 20.2 Å². The van der Waals surface area contributed by atoms with Gasteiger partial charge in [-0.1, -0.05) is 12.1 Å². The number of alkyl halides is 6. The minimum Gasteiger partial charge on any atom is -0.466 e. The molecule has 2 amide bonds. The third-order valence-electron chi connectivity index (χ3n) is 6.98. The molecule has 1 saturated heterocycles. The van der Waals surface area contributed by atoms with Crippen molar-refractivity contribution < 1.29 is 40.3 Å². The topological polar surface area (TPSA) is 70.6 Å². The summed E-state index contributed by atoms with van der Waals surface area (Å²) in [5.41, 5.74) is -0.966. The van der Waals surface area contributed by atoms with Gasteiger partial charge in [0.2, 0.25) is 11.7 Å². The lowest BCUT2D eigenvalue weighted by Crippen LogP contribution is -2.54. The van der Waals surface area contributed by atoms with Crippen LogP contribution in [0.2, 0.25) is 0 Å². The number of nitrogens with zero attached hydrogens (tertiary/aromatic N) is 4. The summed E-state index contributed by atoms with van der Waals surface area (Å²) < 4.78 is 96.0. The Hall–Kier alpha value is -3.16. The van der Waals surface area contributed by atoms with Crippen molar-refractivity contribution in [2.45, 2.75) is 49.1 Å². The van der Waals surface area contributed by atoms with Gasteiger partial charge in [0.15, 0.2) is 6.61 Å². The molecule has 1 aliphatic carbocycles. The van der Waals surface area contributed by atoms with Crippen molar-refractivity contribution in [1.29, 1.82) is 0 Å². The van der Waals surface area contributed by atoms with Crippen molar-refractivity contribution in [2.24, 2.45) is 0 Å². The molecule has 1 N–H and O–H groups in total. The van der Waals surface area contributed by atoms with Crippen LogP contribution >= 0.6 is 0 Å². The smallest absolute Gasteiger partial charge is 0.451 e. The van der Waals surface area contributed by atoms with E-state index < -0.39 is 53.5 Å². The van der Waals surface area contributed by atoms with Gasteiger partial charge in [0.25, 0.3) is 0 Å². The van der Waals surface area contributed by atoms with Gasteiger partial charge in [0.05, 0.1) is 18.3 Å². The third-order valence-corrected chi connectivity index (χ3v) is 6.98. The van der Waals surface area contributed by atoms with Crippen LogP contribution in [0.15, 0.2) is 30.5 Å². The Kier molecular flexibility index (Phi) is 6.76. The van der Waals surface area contributed by atoms with E-state index in [4.69, 9.17) is 0 Å². The second kappa shape index (κ2) is 9.30. The Morgan fingerprint density at radius 1 is 1.11 bits per heavy atom. The number of carbonyl (C=O) groups excluding carboxylic acids is 1. The van der Waals surface area contributed by atoms with E-state index in [1.54, 1.807) is 6.07 Å². The first kappa shape index (κ1) is 26.9. The molecule has 1 aromatic carbocycles. The average molecular weight is 535 g/mol. The van der Waals surface area contributed by atoms with Crippen molar-refractivity contribution in [3.63, 3.8) is 0 Å². The normalized spacial score (nSPS) is 24.6. The molecule has 1 aliphatic heterocycles. The van der Waals surface area contributed by atoms with E-state index in [1.165, 1.54) is 12.1 Å². The fourth-order valence-electron chi connectivity index (χ4n) is 5.04. The summed E-state index contributed by atoms with van der Waals surface area (Å²) >= 11 is 0. The number of benzene rings is 1. The molecule has 2 aromatic rings. The van der Waals surface area contributed by atoms with Crippen molar-refractivity contribution >= 4 is 11.7 Å². The molecular weight excluding hydrogens is 511 g/mol. The van der Waals surface area contributed by atoms with Gasteiger partial charge in [-0.25, -0.2) is 14.2 Å². The van der Waals surface area contributed by atoms with Gasteiger partial charge >= 0.3 is 18.4 Å². The number of amides is 2. The highest BCUT2D eigenvalue weighted by atomic mass is 19.4. The Labute approximate surface area is 207 Å². The first-order chi connectivity index (χ1) is 17.1. The average Bonchev–Trinajstić information content (AvgIpc) is 3.12. The van der Waals surface area contributed by atoms with E-state index in [2.05, 4.69) is 20.0 Å². The van der Waals surface area contributed by atoms with E-state index in [0.717, 1.165) is 10.5 Å².